The van der Waals surface area contributed by atoms with Crippen molar-refractivity contribution in [3.05, 3.63) is 54.4 Å². The summed E-state index contributed by atoms with van der Waals surface area (Å²) in [4.78, 5) is 6.59. The Morgan fingerprint density at radius 3 is 2.37 bits per heavy atom. The van der Waals surface area contributed by atoms with Crippen molar-refractivity contribution in [2.45, 2.75) is 50.7 Å². The van der Waals surface area contributed by atoms with Gasteiger partial charge >= 0.3 is 0 Å². The minimum Gasteiger partial charge on any atom is -0.507 e. The highest BCUT2D eigenvalue weighted by atomic mass is 16.3. The lowest BCUT2D eigenvalue weighted by Crippen LogP contribution is -2.47. The van der Waals surface area contributed by atoms with E-state index in [1.165, 1.54) is 12.8 Å². The van der Waals surface area contributed by atoms with Crippen molar-refractivity contribution in [2.75, 3.05) is 11.9 Å². The van der Waals surface area contributed by atoms with Gasteiger partial charge in [-0.25, -0.2) is 0 Å². The van der Waals surface area contributed by atoms with Crippen LogP contribution in [0.4, 0.5) is 5.82 Å². The van der Waals surface area contributed by atoms with Crippen molar-refractivity contribution in [1.82, 2.24) is 20.5 Å². The highest BCUT2D eigenvalue weighted by Crippen LogP contribution is 2.34. The zero-order valence-electron chi connectivity index (χ0n) is 17.4. The van der Waals surface area contributed by atoms with Gasteiger partial charge in [-0.05, 0) is 68.5 Å². The quantitative estimate of drug-likeness (QED) is 0.690. The van der Waals surface area contributed by atoms with E-state index in [0.717, 1.165) is 35.5 Å². The maximum absolute atomic E-state index is 10.6. The van der Waals surface area contributed by atoms with E-state index in [2.05, 4.69) is 32.4 Å². The van der Waals surface area contributed by atoms with Gasteiger partial charge in [-0.2, -0.15) is 0 Å². The molecule has 2 saturated heterocycles. The lowest BCUT2D eigenvalue weighted by molar-refractivity contribution is 0.353. The highest BCUT2D eigenvalue weighted by Gasteiger charge is 2.35. The van der Waals surface area contributed by atoms with Gasteiger partial charge in [-0.1, -0.05) is 12.1 Å². The molecule has 0 aliphatic carbocycles. The number of phenolic OH excluding ortho intramolecular Hbond substituents is 1. The fraction of sp³-hybridized carbons (Fsp3) is 0.375. The number of aromatic hydroxyl groups is 1. The molecule has 6 heteroatoms. The molecule has 2 atom stereocenters. The Morgan fingerprint density at radius 2 is 1.73 bits per heavy atom. The van der Waals surface area contributed by atoms with E-state index in [0.29, 0.717) is 29.4 Å². The molecule has 0 radical (unpaired) electrons. The Bertz CT molecular complexity index is 1020. The van der Waals surface area contributed by atoms with Gasteiger partial charge in [-0.3, -0.25) is 4.98 Å². The summed E-state index contributed by atoms with van der Waals surface area (Å²) in [6, 6.07) is 15.3. The van der Waals surface area contributed by atoms with Gasteiger partial charge < -0.3 is 15.3 Å². The molecule has 2 aromatic heterocycles. The monoisotopic (exact) mass is 401 g/mol. The summed E-state index contributed by atoms with van der Waals surface area (Å²) in [5.41, 5.74) is 4.22. The molecule has 2 fully saturated rings. The first-order valence-electron chi connectivity index (χ1n) is 10.7. The normalized spacial score (nSPS) is 22.8. The summed E-state index contributed by atoms with van der Waals surface area (Å²) >= 11 is 0. The number of hydrogen-bond donors (Lipinski definition) is 2. The van der Waals surface area contributed by atoms with Crippen LogP contribution in [-0.4, -0.2) is 45.5 Å². The first-order chi connectivity index (χ1) is 14.6. The molecule has 154 valence electrons. The number of hydrogen-bond acceptors (Lipinski definition) is 6. The summed E-state index contributed by atoms with van der Waals surface area (Å²) < 4.78 is 0. The van der Waals surface area contributed by atoms with Gasteiger partial charge in [0.05, 0.1) is 5.69 Å². The summed E-state index contributed by atoms with van der Waals surface area (Å²) in [5, 5.41) is 23.2. The van der Waals surface area contributed by atoms with Crippen LogP contribution < -0.4 is 10.2 Å². The number of anilines is 1. The Balaban J connectivity index is 1.34. The van der Waals surface area contributed by atoms with Crippen molar-refractivity contribution < 1.29 is 5.11 Å². The topological polar surface area (TPSA) is 74.2 Å². The lowest BCUT2D eigenvalue weighted by atomic mass is 9.98. The minimum atomic E-state index is 0.193. The van der Waals surface area contributed by atoms with Crippen LogP contribution in [0.25, 0.3) is 22.4 Å². The molecule has 2 N–H and O–H groups in total. The van der Waals surface area contributed by atoms with Crippen LogP contribution in [-0.2, 0) is 0 Å². The molecule has 0 spiro atoms. The maximum atomic E-state index is 10.6. The molecule has 2 aliphatic heterocycles. The van der Waals surface area contributed by atoms with E-state index in [9.17, 15) is 5.11 Å². The van der Waals surface area contributed by atoms with Gasteiger partial charge in [0.25, 0.3) is 0 Å². The molecule has 1 aromatic carbocycles. The summed E-state index contributed by atoms with van der Waals surface area (Å²) in [6.07, 6.45) is 6.71. The van der Waals surface area contributed by atoms with Crippen LogP contribution in [0, 0.1) is 6.92 Å². The Hall–Kier alpha value is -2.99. The second kappa shape index (κ2) is 7.69. The summed E-state index contributed by atoms with van der Waals surface area (Å²) in [6.45, 7) is 1.96. The third-order valence-corrected chi connectivity index (χ3v) is 6.53. The number of nitrogens with one attached hydrogen (secondary N) is 1. The Labute approximate surface area is 177 Å². The average Bonchev–Trinajstić information content (AvgIpc) is 3.11. The van der Waals surface area contributed by atoms with E-state index in [-0.39, 0.29) is 5.75 Å². The number of aromatic nitrogens is 3. The van der Waals surface area contributed by atoms with Gasteiger partial charge in [0.2, 0.25) is 0 Å². The van der Waals surface area contributed by atoms with Crippen LogP contribution in [0.2, 0.25) is 0 Å². The molecule has 2 bridgehead atoms. The van der Waals surface area contributed by atoms with Gasteiger partial charge in [0.1, 0.15) is 5.75 Å². The van der Waals surface area contributed by atoms with E-state index >= 15 is 0 Å². The smallest absolute Gasteiger partial charge is 0.151 e. The van der Waals surface area contributed by atoms with E-state index in [1.807, 2.05) is 49.5 Å². The van der Waals surface area contributed by atoms with Gasteiger partial charge in [0, 0.05) is 48.2 Å². The summed E-state index contributed by atoms with van der Waals surface area (Å²) in [5.74, 6) is 1.07. The zero-order valence-corrected chi connectivity index (χ0v) is 17.4. The fourth-order valence-electron chi connectivity index (χ4n) is 4.75. The SMILES string of the molecule is Cc1ccc(-c2ccc(-c3ccc(N(C)C4CC5CCC(C4)N5)nn3)c(O)c2)cn1. The van der Waals surface area contributed by atoms with Gasteiger partial charge in [0.15, 0.2) is 5.82 Å². The predicted molar refractivity (Wildman–Crippen MR) is 118 cm³/mol. The van der Waals surface area contributed by atoms with E-state index in [1.54, 1.807) is 6.07 Å². The van der Waals surface area contributed by atoms with Crippen molar-refractivity contribution >= 4 is 5.82 Å². The molecule has 0 amide bonds. The number of rotatable bonds is 4. The molecular weight excluding hydrogens is 374 g/mol. The fourth-order valence-corrected chi connectivity index (χ4v) is 4.75. The van der Waals surface area contributed by atoms with Crippen molar-refractivity contribution in [1.29, 1.82) is 0 Å². The molecule has 6 nitrogen and oxygen atoms in total. The van der Waals surface area contributed by atoms with Crippen LogP contribution >= 0.6 is 0 Å². The molecule has 5 rings (SSSR count). The molecule has 2 aliphatic rings. The van der Waals surface area contributed by atoms with Crippen LogP contribution in [0.15, 0.2) is 48.7 Å². The number of fused-ring (bicyclic) bond motifs is 2. The van der Waals surface area contributed by atoms with Crippen molar-refractivity contribution in [3.8, 4) is 28.1 Å². The first-order valence-corrected chi connectivity index (χ1v) is 10.7. The number of phenols is 1. The molecule has 4 heterocycles. The van der Waals surface area contributed by atoms with Crippen LogP contribution in [0.1, 0.15) is 31.4 Å². The lowest BCUT2D eigenvalue weighted by Gasteiger charge is -2.36. The molecular formula is C24H27N5O. The number of piperidine rings is 1. The first kappa shape index (κ1) is 19.0. The molecule has 2 unspecified atom stereocenters. The zero-order chi connectivity index (χ0) is 20.7. The third kappa shape index (κ3) is 3.63. The standard InChI is InChI=1S/C24H27N5O/c1-15-3-4-17(14-25-15)16-5-8-21(23(30)11-16)22-9-10-24(28-27-22)29(2)20-12-18-6-7-19(13-20)26-18/h3-5,8-11,14,18-20,26,30H,6-7,12-13H2,1-2H3. The number of nitrogens with zero attached hydrogens (tertiary/aromatic N) is 4. The van der Waals surface area contributed by atoms with Crippen LogP contribution in [0.3, 0.4) is 0 Å². The largest absolute Gasteiger partial charge is 0.507 e. The number of aryl methyl sites for hydroxylation is 1. The number of benzene rings is 1. The van der Waals surface area contributed by atoms with E-state index in [4.69, 9.17) is 0 Å². The molecule has 3 aromatic rings. The minimum absolute atomic E-state index is 0.193. The molecule has 0 saturated carbocycles. The third-order valence-electron chi connectivity index (χ3n) is 6.53. The Kier molecular flexibility index (Phi) is 4.87. The van der Waals surface area contributed by atoms with E-state index < -0.39 is 0 Å². The second-order valence-corrected chi connectivity index (χ2v) is 8.57. The van der Waals surface area contributed by atoms with Crippen LogP contribution in [0.5, 0.6) is 5.75 Å². The second-order valence-electron chi connectivity index (χ2n) is 8.57. The Morgan fingerprint density at radius 1 is 0.967 bits per heavy atom. The summed E-state index contributed by atoms with van der Waals surface area (Å²) in [7, 11) is 2.11. The van der Waals surface area contributed by atoms with Crippen molar-refractivity contribution in [3.63, 3.8) is 0 Å². The average molecular weight is 402 g/mol. The highest BCUT2D eigenvalue weighted by molar-refractivity contribution is 5.74. The molecule has 30 heavy (non-hydrogen) atoms. The van der Waals surface area contributed by atoms with Crippen molar-refractivity contribution in [2.24, 2.45) is 0 Å². The number of pyridine rings is 1. The predicted octanol–water partition coefficient (Wildman–Crippen LogP) is 3.94. The van der Waals surface area contributed by atoms with Gasteiger partial charge in [-0.15, -0.1) is 10.2 Å². The maximum Gasteiger partial charge on any atom is 0.151 e.